The highest BCUT2D eigenvalue weighted by Gasteiger charge is 2.37. The third-order valence-electron chi connectivity index (χ3n) is 7.13. The molecule has 0 aliphatic carbocycles. The minimum Gasteiger partial charge on any atom is -0.494 e. The summed E-state index contributed by atoms with van der Waals surface area (Å²) in [7, 11) is 1.53. The molecule has 2 aliphatic rings. The van der Waals surface area contributed by atoms with Crippen LogP contribution < -0.4 is 15.4 Å². The van der Waals surface area contributed by atoms with E-state index in [1.807, 2.05) is 6.08 Å². The third kappa shape index (κ3) is 5.84. The molecule has 8 nitrogen and oxygen atoms in total. The largest absolute Gasteiger partial charge is 0.494 e. The van der Waals surface area contributed by atoms with E-state index >= 15 is 0 Å². The Morgan fingerprint density at radius 3 is 2.81 bits per heavy atom. The number of amides is 1. The van der Waals surface area contributed by atoms with Crippen molar-refractivity contribution < 1.29 is 18.7 Å². The van der Waals surface area contributed by atoms with Gasteiger partial charge in [-0.1, -0.05) is 17.7 Å². The van der Waals surface area contributed by atoms with E-state index in [4.69, 9.17) is 21.1 Å². The number of aromatic nitrogens is 2. The topological polar surface area (TPSA) is 88.6 Å². The molecule has 0 atom stereocenters. The summed E-state index contributed by atoms with van der Waals surface area (Å²) in [5.74, 6) is 0.197. The van der Waals surface area contributed by atoms with Gasteiger partial charge < -0.3 is 20.1 Å². The Labute approximate surface area is 219 Å². The number of hydrogen-bond acceptors (Lipinski definition) is 7. The van der Waals surface area contributed by atoms with Crippen LogP contribution in [0.5, 0.6) is 5.75 Å². The highest BCUT2D eigenvalue weighted by Crippen LogP contribution is 2.39. The van der Waals surface area contributed by atoms with E-state index in [1.165, 1.54) is 25.6 Å². The fourth-order valence-electron chi connectivity index (χ4n) is 4.90. The van der Waals surface area contributed by atoms with Gasteiger partial charge in [-0.25, -0.2) is 14.4 Å². The summed E-state index contributed by atoms with van der Waals surface area (Å²) in [6.07, 6.45) is 8.30. The monoisotopic (exact) mass is 525 g/mol. The first kappa shape index (κ1) is 25.4. The van der Waals surface area contributed by atoms with Crippen LogP contribution in [-0.4, -0.2) is 60.7 Å². The summed E-state index contributed by atoms with van der Waals surface area (Å²) in [5, 5.41) is 6.69. The first-order valence-corrected chi connectivity index (χ1v) is 12.6. The van der Waals surface area contributed by atoms with Crippen molar-refractivity contribution in [2.75, 3.05) is 50.6 Å². The number of nitrogens with zero attached hydrogens (tertiary/aromatic N) is 3. The molecule has 0 unspecified atom stereocenters. The summed E-state index contributed by atoms with van der Waals surface area (Å²) in [5.41, 5.74) is 2.04. The zero-order valence-electron chi connectivity index (χ0n) is 20.6. The molecule has 3 aromatic rings. The second kappa shape index (κ2) is 11.0. The number of methoxy groups -OCH3 is 1. The molecule has 1 amide bonds. The lowest BCUT2D eigenvalue weighted by Crippen LogP contribution is -2.40. The smallest absolute Gasteiger partial charge is 0.248 e. The van der Waals surface area contributed by atoms with Crippen molar-refractivity contribution in [3.63, 3.8) is 0 Å². The predicted molar refractivity (Wildman–Crippen MR) is 142 cm³/mol. The highest BCUT2D eigenvalue weighted by atomic mass is 35.5. The average molecular weight is 526 g/mol. The van der Waals surface area contributed by atoms with Gasteiger partial charge in [0.15, 0.2) is 0 Å². The molecular weight excluding hydrogens is 497 g/mol. The number of carbonyl (C=O) groups is 1. The van der Waals surface area contributed by atoms with Gasteiger partial charge in [-0.15, -0.1) is 0 Å². The Kier molecular flexibility index (Phi) is 7.55. The molecule has 2 saturated heterocycles. The molecule has 1 spiro atoms. The Morgan fingerprint density at radius 1 is 1.24 bits per heavy atom. The van der Waals surface area contributed by atoms with Crippen LogP contribution in [0.2, 0.25) is 5.02 Å². The summed E-state index contributed by atoms with van der Waals surface area (Å²) in [4.78, 5) is 23.7. The van der Waals surface area contributed by atoms with E-state index < -0.39 is 5.82 Å². The van der Waals surface area contributed by atoms with Crippen LogP contribution in [0.25, 0.3) is 10.9 Å². The average Bonchev–Trinajstić information content (AvgIpc) is 3.35. The van der Waals surface area contributed by atoms with E-state index in [0.29, 0.717) is 39.3 Å². The molecule has 10 heteroatoms. The van der Waals surface area contributed by atoms with Crippen molar-refractivity contribution in [3.05, 3.63) is 59.7 Å². The number of ether oxygens (including phenoxy) is 2. The van der Waals surface area contributed by atoms with Crippen molar-refractivity contribution in [1.29, 1.82) is 0 Å². The molecule has 5 rings (SSSR count). The molecule has 0 saturated carbocycles. The molecule has 1 aromatic heterocycles. The van der Waals surface area contributed by atoms with Gasteiger partial charge in [-0.05, 0) is 62.0 Å². The second-order valence-corrected chi connectivity index (χ2v) is 9.95. The van der Waals surface area contributed by atoms with Crippen molar-refractivity contribution in [2.24, 2.45) is 5.41 Å². The number of nitrogens with one attached hydrogen (secondary N) is 2. The van der Waals surface area contributed by atoms with Crippen LogP contribution in [0.15, 0.2) is 48.8 Å². The first-order valence-electron chi connectivity index (χ1n) is 12.3. The minimum atomic E-state index is -0.504. The number of carbonyl (C=O) groups excluding carboxylic acids is 1. The van der Waals surface area contributed by atoms with Crippen LogP contribution in [0, 0.1) is 11.2 Å². The standard InChI is InChI=1S/C27H29ClFN5O3/c1-36-24-15-22-19(26(31-17-30-22)32-18-4-5-21(29)20(28)13-18)14-23(24)33-25(35)3-2-9-34-10-6-27(7-11-34)8-12-37-16-27/h2-5,13-15,17H,6-12,16H2,1H3,(H,33,35)(H,30,31,32). The van der Waals surface area contributed by atoms with E-state index in [-0.39, 0.29) is 10.9 Å². The van der Waals surface area contributed by atoms with Crippen molar-refractivity contribution in [3.8, 4) is 5.75 Å². The molecule has 2 N–H and O–H groups in total. The lowest BCUT2D eigenvalue weighted by molar-refractivity contribution is -0.111. The maximum atomic E-state index is 13.6. The Balaban J connectivity index is 1.27. The lowest BCUT2D eigenvalue weighted by Gasteiger charge is -2.37. The van der Waals surface area contributed by atoms with Gasteiger partial charge >= 0.3 is 0 Å². The van der Waals surface area contributed by atoms with Gasteiger partial charge in [0.25, 0.3) is 0 Å². The van der Waals surface area contributed by atoms with Gasteiger partial charge in [0.1, 0.15) is 23.7 Å². The number of anilines is 3. The number of fused-ring (bicyclic) bond motifs is 1. The Bertz CT molecular complexity index is 1320. The molecule has 3 heterocycles. The Hall–Kier alpha value is -3.27. The molecule has 2 fully saturated rings. The first-order chi connectivity index (χ1) is 17.9. The highest BCUT2D eigenvalue weighted by molar-refractivity contribution is 6.31. The molecule has 0 bridgehead atoms. The van der Waals surface area contributed by atoms with E-state index in [9.17, 15) is 9.18 Å². The number of benzene rings is 2. The number of likely N-dealkylation sites (tertiary alicyclic amines) is 1. The summed E-state index contributed by atoms with van der Waals surface area (Å²) >= 11 is 5.91. The van der Waals surface area contributed by atoms with Crippen LogP contribution in [0.4, 0.5) is 21.6 Å². The third-order valence-corrected chi connectivity index (χ3v) is 7.42. The van der Waals surface area contributed by atoms with Crippen molar-refractivity contribution in [1.82, 2.24) is 14.9 Å². The fraction of sp³-hybridized carbons (Fsp3) is 0.370. The number of hydrogen-bond donors (Lipinski definition) is 2. The fourth-order valence-corrected chi connectivity index (χ4v) is 5.08. The van der Waals surface area contributed by atoms with Crippen molar-refractivity contribution in [2.45, 2.75) is 19.3 Å². The van der Waals surface area contributed by atoms with Crippen LogP contribution in [0.3, 0.4) is 0 Å². The molecule has 0 radical (unpaired) electrons. The molecular formula is C27H29ClFN5O3. The van der Waals surface area contributed by atoms with Crippen molar-refractivity contribution >= 4 is 45.6 Å². The maximum Gasteiger partial charge on any atom is 0.248 e. The predicted octanol–water partition coefficient (Wildman–Crippen LogP) is 5.17. The summed E-state index contributed by atoms with van der Waals surface area (Å²) in [6, 6.07) is 7.80. The molecule has 2 aliphatic heterocycles. The van der Waals surface area contributed by atoms with Crippen LogP contribution in [0.1, 0.15) is 19.3 Å². The second-order valence-electron chi connectivity index (χ2n) is 9.54. The Morgan fingerprint density at radius 2 is 2.08 bits per heavy atom. The number of piperidine rings is 1. The van der Waals surface area contributed by atoms with E-state index in [1.54, 1.807) is 24.3 Å². The number of rotatable bonds is 7. The van der Waals surface area contributed by atoms with E-state index in [2.05, 4.69) is 25.5 Å². The maximum absolute atomic E-state index is 13.6. The SMILES string of the molecule is COc1cc2ncnc(Nc3ccc(F)c(Cl)c3)c2cc1NC(=O)C=CCN1CCC2(CCOC2)CC1. The lowest BCUT2D eigenvalue weighted by atomic mass is 9.78. The molecule has 37 heavy (non-hydrogen) atoms. The van der Waals surface area contributed by atoms with Gasteiger partial charge in [-0.3, -0.25) is 9.69 Å². The van der Waals surface area contributed by atoms with Gasteiger partial charge in [-0.2, -0.15) is 0 Å². The summed E-state index contributed by atoms with van der Waals surface area (Å²) in [6.45, 7) is 4.52. The van der Waals surface area contributed by atoms with E-state index in [0.717, 1.165) is 52.1 Å². The zero-order chi connectivity index (χ0) is 25.8. The van der Waals surface area contributed by atoms with Gasteiger partial charge in [0.2, 0.25) is 5.91 Å². The number of halogens is 2. The minimum absolute atomic E-state index is 0.00128. The molecule has 2 aromatic carbocycles. The summed E-state index contributed by atoms with van der Waals surface area (Å²) < 4.78 is 24.7. The van der Waals surface area contributed by atoms with Crippen LogP contribution in [-0.2, 0) is 9.53 Å². The van der Waals surface area contributed by atoms with Gasteiger partial charge in [0, 0.05) is 36.4 Å². The normalized spacial score (nSPS) is 17.5. The zero-order valence-corrected chi connectivity index (χ0v) is 21.4. The van der Waals surface area contributed by atoms with Crippen LogP contribution >= 0.6 is 11.6 Å². The van der Waals surface area contributed by atoms with Gasteiger partial charge in [0.05, 0.1) is 29.9 Å². The quantitative estimate of drug-likeness (QED) is 0.411. The molecule has 194 valence electrons.